The Hall–Kier alpha value is -1.39. The van der Waals surface area contributed by atoms with Crippen LogP contribution in [0.1, 0.15) is 25.1 Å². The van der Waals surface area contributed by atoms with Crippen molar-refractivity contribution in [2.45, 2.75) is 37.8 Å². The van der Waals surface area contributed by atoms with E-state index in [-0.39, 0.29) is 0 Å². The maximum Gasteiger partial charge on any atom is 0.111 e. The SMILES string of the molecule is CNC(Cc1nc2ccccc2n1C)C1CCCCO1. The highest BCUT2D eigenvalue weighted by atomic mass is 16.5. The quantitative estimate of drug-likeness (QED) is 0.929. The fourth-order valence-corrected chi connectivity index (χ4v) is 3.08. The number of para-hydroxylation sites is 2. The summed E-state index contributed by atoms with van der Waals surface area (Å²) in [5.74, 6) is 1.12. The van der Waals surface area contributed by atoms with E-state index in [1.165, 1.54) is 18.4 Å². The summed E-state index contributed by atoms with van der Waals surface area (Å²) >= 11 is 0. The van der Waals surface area contributed by atoms with Crippen molar-refractivity contribution < 1.29 is 4.74 Å². The van der Waals surface area contributed by atoms with Crippen molar-refractivity contribution in [1.82, 2.24) is 14.9 Å². The summed E-state index contributed by atoms with van der Waals surface area (Å²) in [6.45, 7) is 0.894. The molecule has 0 bridgehead atoms. The monoisotopic (exact) mass is 273 g/mol. The van der Waals surface area contributed by atoms with E-state index in [0.29, 0.717) is 12.1 Å². The number of ether oxygens (including phenoxy) is 1. The molecular weight excluding hydrogens is 250 g/mol. The number of nitrogens with zero attached hydrogens (tertiary/aromatic N) is 2. The predicted octanol–water partition coefficient (Wildman–Crippen LogP) is 2.27. The van der Waals surface area contributed by atoms with E-state index in [1.807, 2.05) is 13.1 Å². The number of benzene rings is 1. The van der Waals surface area contributed by atoms with Gasteiger partial charge < -0.3 is 14.6 Å². The third kappa shape index (κ3) is 2.58. The van der Waals surface area contributed by atoms with Crippen LogP contribution in [0.25, 0.3) is 11.0 Å². The molecule has 0 radical (unpaired) electrons. The van der Waals surface area contributed by atoms with E-state index >= 15 is 0 Å². The van der Waals surface area contributed by atoms with Crippen molar-refractivity contribution in [1.29, 1.82) is 0 Å². The minimum absolute atomic E-state index is 0.313. The fraction of sp³-hybridized carbons (Fsp3) is 0.562. The number of rotatable bonds is 4. The second-order valence-corrected chi connectivity index (χ2v) is 5.58. The first-order valence-electron chi connectivity index (χ1n) is 7.49. The number of aryl methyl sites for hydroxylation is 1. The molecule has 1 aliphatic heterocycles. The average Bonchev–Trinajstić information content (AvgIpc) is 2.82. The van der Waals surface area contributed by atoms with E-state index in [9.17, 15) is 0 Å². The van der Waals surface area contributed by atoms with Crippen molar-refractivity contribution in [2.24, 2.45) is 7.05 Å². The lowest BCUT2D eigenvalue weighted by atomic mass is 9.99. The van der Waals surface area contributed by atoms with Gasteiger partial charge in [0.1, 0.15) is 5.82 Å². The maximum atomic E-state index is 5.92. The summed E-state index contributed by atoms with van der Waals surface area (Å²) in [6.07, 6.45) is 4.83. The van der Waals surface area contributed by atoms with Crippen molar-refractivity contribution in [3.05, 3.63) is 30.1 Å². The lowest BCUT2D eigenvalue weighted by Crippen LogP contribution is -2.43. The van der Waals surface area contributed by atoms with Crippen LogP contribution in [0.2, 0.25) is 0 Å². The van der Waals surface area contributed by atoms with Gasteiger partial charge >= 0.3 is 0 Å². The molecule has 2 aromatic rings. The van der Waals surface area contributed by atoms with E-state index in [4.69, 9.17) is 9.72 Å². The van der Waals surface area contributed by atoms with Crippen LogP contribution in [0, 0.1) is 0 Å². The summed E-state index contributed by atoms with van der Waals surface area (Å²) in [6, 6.07) is 8.64. The molecular formula is C16H23N3O. The van der Waals surface area contributed by atoms with Gasteiger partial charge in [-0.2, -0.15) is 0 Å². The molecule has 108 valence electrons. The molecule has 2 heterocycles. The Morgan fingerprint density at radius 2 is 2.25 bits per heavy atom. The van der Waals surface area contributed by atoms with Gasteiger partial charge in [0.15, 0.2) is 0 Å². The molecule has 2 unspecified atom stereocenters. The Bertz CT molecular complexity index is 572. The Morgan fingerprint density at radius 1 is 1.40 bits per heavy atom. The summed E-state index contributed by atoms with van der Waals surface area (Å²) in [5.41, 5.74) is 2.27. The third-order valence-corrected chi connectivity index (χ3v) is 4.32. The lowest BCUT2D eigenvalue weighted by Gasteiger charge is -2.30. The first-order chi connectivity index (χ1) is 9.79. The average molecular weight is 273 g/mol. The number of hydrogen-bond donors (Lipinski definition) is 1. The van der Waals surface area contributed by atoms with Gasteiger partial charge in [-0.25, -0.2) is 4.98 Å². The first kappa shape index (κ1) is 13.6. The molecule has 0 aliphatic carbocycles. The Kier molecular flexibility index (Phi) is 4.03. The van der Waals surface area contributed by atoms with Gasteiger partial charge in [0.25, 0.3) is 0 Å². The number of fused-ring (bicyclic) bond motifs is 1. The molecule has 0 spiro atoms. The van der Waals surface area contributed by atoms with Crippen LogP contribution in [0.5, 0.6) is 0 Å². The highest BCUT2D eigenvalue weighted by Crippen LogP contribution is 2.20. The summed E-state index contributed by atoms with van der Waals surface area (Å²) < 4.78 is 8.11. The van der Waals surface area contributed by atoms with Crippen LogP contribution < -0.4 is 5.32 Å². The zero-order valence-electron chi connectivity index (χ0n) is 12.3. The Labute approximate surface area is 120 Å². The van der Waals surface area contributed by atoms with Gasteiger partial charge in [-0.05, 0) is 38.4 Å². The minimum atomic E-state index is 0.313. The zero-order valence-corrected chi connectivity index (χ0v) is 12.3. The van der Waals surface area contributed by atoms with Gasteiger partial charge in [0.2, 0.25) is 0 Å². The van der Waals surface area contributed by atoms with E-state index in [1.54, 1.807) is 0 Å². The summed E-state index contributed by atoms with van der Waals surface area (Å²) in [5, 5.41) is 3.41. The molecule has 4 nitrogen and oxygen atoms in total. The third-order valence-electron chi connectivity index (χ3n) is 4.32. The number of likely N-dealkylation sites (N-methyl/N-ethyl adjacent to an activating group) is 1. The van der Waals surface area contributed by atoms with Gasteiger partial charge in [0.05, 0.1) is 17.1 Å². The van der Waals surface area contributed by atoms with Crippen molar-refractivity contribution in [2.75, 3.05) is 13.7 Å². The van der Waals surface area contributed by atoms with E-state index < -0.39 is 0 Å². The van der Waals surface area contributed by atoms with Gasteiger partial charge in [-0.3, -0.25) is 0 Å². The summed E-state index contributed by atoms with van der Waals surface area (Å²) in [7, 11) is 4.12. The van der Waals surface area contributed by atoms with Crippen LogP contribution >= 0.6 is 0 Å². The highest BCUT2D eigenvalue weighted by Gasteiger charge is 2.25. The van der Waals surface area contributed by atoms with E-state index in [2.05, 4.69) is 35.1 Å². The molecule has 0 amide bonds. The standard InChI is InChI=1S/C16H23N3O/c1-17-13(15-9-5-6-10-20-15)11-16-18-12-7-3-4-8-14(12)19(16)2/h3-4,7-8,13,15,17H,5-6,9-11H2,1-2H3. The molecule has 4 heteroatoms. The second-order valence-electron chi connectivity index (χ2n) is 5.58. The molecule has 1 aromatic carbocycles. The van der Waals surface area contributed by atoms with Crippen molar-refractivity contribution in [3.63, 3.8) is 0 Å². The zero-order chi connectivity index (χ0) is 13.9. The lowest BCUT2D eigenvalue weighted by molar-refractivity contribution is -0.00634. The van der Waals surface area contributed by atoms with Crippen LogP contribution in [0.15, 0.2) is 24.3 Å². The topological polar surface area (TPSA) is 39.1 Å². The predicted molar refractivity (Wildman–Crippen MR) is 80.9 cm³/mol. The normalized spacial score (nSPS) is 21.2. The van der Waals surface area contributed by atoms with Crippen LogP contribution in [-0.4, -0.2) is 35.4 Å². The maximum absolute atomic E-state index is 5.92. The summed E-state index contributed by atoms with van der Waals surface area (Å²) in [4.78, 5) is 4.76. The number of imidazole rings is 1. The van der Waals surface area contributed by atoms with Crippen LogP contribution in [0.4, 0.5) is 0 Å². The van der Waals surface area contributed by atoms with Crippen molar-refractivity contribution >= 4 is 11.0 Å². The van der Waals surface area contributed by atoms with E-state index in [0.717, 1.165) is 30.8 Å². The smallest absolute Gasteiger partial charge is 0.111 e. The van der Waals surface area contributed by atoms with Crippen LogP contribution in [-0.2, 0) is 18.2 Å². The molecule has 3 rings (SSSR count). The van der Waals surface area contributed by atoms with Crippen molar-refractivity contribution in [3.8, 4) is 0 Å². The molecule has 1 saturated heterocycles. The molecule has 1 aromatic heterocycles. The number of nitrogens with one attached hydrogen (secondary N) is 1. The minimum Gasteiger partial charge on any atom is -0.377 e. The molecule has 20 heavy (non-hydrogen) atoms. The largest absolute Gasteiger partial charge is 0.377 e. The highest BCUT2D eigenvalue weighted by molar-refractivity contribution is 5.75. The van der Waals surface area contributed by atoms with Gasteiger partial charge in [-0.15, -0.1) is 0 Å². The van der Waals surface area contributed by atoms with Gasteiger partial charge in [-0.1, -0.05) is 12.1 Å². The fourth-order valence-electron chi connectivity index (χ4n) is 3.08. The molecule has 1 aliphatic rings. The van der Waals surface area contributed by atoms with Gasteiger partial charge in [0, 0.05) is 26.1 Å². The molecule has 1 fully saturated rings. The molecule has 2 atom stereocenters. The number of aromatic nitrogens is 2. The second kappa shape index (κ2) is 5.94. The molecule has 0 saturated carbocycles. The van der Waals surface area contributed by atoms with Crippen LogP contribution in [0.3, 0.4) is 0 Å². The Balaban J connectivity index is 1.81. The molecule has 1 N–H and O–H groups in total. The Morgan fingerprint density at radius 3 is 2.95 bits per heavy atom. The first-order valence-corrected chi connectivity index (χ1v) is 7.49. The number of hydrogen-bond acceptors (Lipinski definition) is 3.